The van der Waals surface area contributed by atoms with Crippen molar-refractivity contribution >= 4 is 28.8 Å². The van der Waals surface area contributed by atoms with Crippen LogP contribution in [-0.4, -0.2) is 30.4 Å². The summed E-state index contributed by atoms with van der Waals surface area (Å²) in [6, 6.07) is 3.89. The number of amides is 1. The second kappa shape index (κ2) is 6.04. The van der Waals surface area contributed by atoms with Gasteiger partial charge >= 0.3 is 0 Å². The molecule has 1 amide bonds. The second-order valence-electron chi connectivity index (χ2n) is 4.77. The fourth-order valence-electron chi connectivity index (χ4n) is 2.12. The van der Waals surface area contributed by atoms with Crippen molar-refractivity contribution in [2.24, 2.45) is 11.8 Å². The molecule has 3 nitrogen and oxygen atoms in total. The Bertz CT molecular complexity index is 417. The molecule has 0 bridgehead atoms. The van der Waals surface area contributed by atoms with Crippen LogP contribution in [0.2, 0.25) is 4.34 Å². The molecule has 2 heterocycles. The van der Waals surface area contributed by atoms with E-state index < -0.39 is 0 Å². The molecule has 1 unspecified atom stereocenters. The third-order valence-corrected chi connectivity index (χ3v) is 4.79. The van der Waals surface area contributed by atoms with E-state index >= 15 is 0 Å². The molecule has 1 aromatic rings. The Labute approximate surface area is 117 Å². The molecular weight excluding hydrogens is 268 g/mol. The lowest BCUT2D eigenvalue weighted by atomic mass is 9.88. The average Bonchev–Trinajstić information content (AvgIpc) is 2.68. The molecule has 1 N–H and O–H groups in total. The smallest absolute Gasteiger partial charge is 0.226 e. The summed E-state index contributed by atoms with van der Waals surface area (Å²) in [5.74, 6) is 0.869. The normalized spacial score (nSPS) is 17.3. The highest BCUT2D eigenvalue weighted by Gasteiger charge is 2.31. The Morgan fingerprint density at radius 1 is 1.61 bits per heavy atom. The molecule has 0 aromatic carbocycles. The van der Waals surface area contributed by atoms with E-state index in [9.17, 15) is 4.79 Å². The Hall–Kier alpha value is -0.580. The van der Waals surface area contributed by atoms with Gasteiger partial charge in [-0.05, 0) is 38.1 Å². The first-order valence-electron chi connectivity index (χ1n) is 6.35. The monoisotopic (exact) mass is 286 g/mol. The Kier molecular flexibility index (Phi) is 4.65. The number of thiophene rings is 1. The molecular formula is C13H19ClN2OS. The summed E-state index contributed by atoms with van der Waals surface area (Å²) in [6.07, 6.45) is 0. The van der Waals surface area contributed by atoms with Crippen LogP contribution in [0.25, 0.3) is 0 Å². The number of carbonyl (C=O) groups excluding carboxylic acids is 1. The lowest BCUT2D eigenvalue weighted by Crippen LogP contribution is -2.50. The molecule has 5 heteroatoms. The van der Waals surface area contributed by atoms with Gasteiger partial charge in [-0.3, -0.25) is 4.79 Å². The first-order chi connectivity index (χ1) is 8.61. The van der Waals surface area contributed by atoms with E-state index in [0.717, 1.165) is 28.8 Å². The lowest BCUT2D eigenvalue weighted by molar-refractivity contribution is -0.137. The molecule has 0 saturated carbocycles. The number of carbonyl (C=O) groups is 1. The van der Waals surface area contributed by atoms with Gasteiger partial charge in [-0.25, -0.2) is 0 Å². The Morgan fingerprint density at radius 3 is 2.78 bits per heavy atom. The summed E-state index contributed by atoms with van der Waals surface area (Å²) in [7, 11) is 0. The van der Waals surface area contributed by atoms with E-state index in [1.54, 1.807) is 11.3 Å². The number of hydrogen-bond acceptors (Lipinski definition) is 3. The van der Waals surface area contributed by atoms with Crippen molar-refractivity contribution in [2.45, 2.75) is 20.4 Å². The molecule has 1 saturated heterocycles. The molecule has 2 rings (SSSR count). The first-order valence-corrected chi connectivity index (χ1v) is 7.55. The Morgan fingerprint density at radius 2 is 2.33 bits per heavy atom. The largest absolute Gasteiger partial charge is 0.338 e. The summed E-state index contributed by atoms with van der Waals surface area (Å²) in [5.41, 5.74) is 0. The summed E-state index contributed by atoms with van der Waals surface area (Å²) in [4.78, 5) is 15.5. The third kappa shape index (κ3) is 3.05. The molecule has 1 aliphatic heterocycles. The first kappa shape index (κ1) is 13.8. The lowest BCUT2D eigenvalue weighted by Gasteiger charge is -2.34. The van der Waals surface area contributed by atoms with Gasteiger partial charge in [0.15, 0.2) is 0 Å². The van der Waals surface area contributed by atoms with Gasteiger partial charge in [0.1, 0.15) is 0 Å². The second-order valence-corrected chi connectivity index (χ2v) is 6.56. The van der Waals surface area contributed by atoms with E-state index in [1.807, 2.05) is 30.9 Å². The highest BCUT2D eigenvalue weighted by Crippen LogP contribution is 2.24. The molecule has 1 aromatic heterocycles. The number of nitrogens with one attached hydrogen (secondary N) is 1. The molecule has 1 aliphatic rings. The predicted octanol–water partition coefficient (Wildman–Crippen LogP) is 2.61. The maximum absolute atomic E-state index is 12.4. The zero-order chi connectivity index (χ0) is 13.1. The predicted molar refractivity (Wildman–Crippen MR) is 75.9 cm³/mol. The maximum Gasteiger partial charge on any atom is 0.226 e. The molecule has 1 atom stereocenters. The van der Waals surface area contributed by atoms with Crippen LogP contribution >= 0.6 is 22.9 Å². The van der Waals surface area contributed by atoms with Crippen LogP contribution in [0.4, 0.5) is 0 Å². The van der Waals surface area contributed by atoms with Crippen molar-refractivity contribution in [1.82, 2.24) is 10.2 Å². The summed E-state index contributed by atoms with van der Waals surface area (Å²) < 4.78 is 0.782. The summed E-state index contributed by atoms with van der Waals surface area (Å²) in [6.45, 7) is 7.43. The van der Waals surface area contributed by atoms with E-state index in [2.05, 4.69) is 5.32 Å². The minimum absolute atomic E-state index is 0.113. The van der Waals surface area contributed by atoms with E-state index in [0.29, 0.717) is 12.5 Å². The van der Waals surface area contributed by atoms with Gasteiger partial charge in [0.2, 0.25) is 5.91 Å². The van der Waals surface area contributed by atoms with Gasteiger partial charge in [-0.1, -0.05) is 18.5 Å². The molecule has 1 fully saturated rings. The van der Waals surface area contributed by atoms with Crippen LogP contribution in [0, 0.1) is 11.8 Å². The van der Waals surface area contributed by atoms with Crippen LogP contribution in [0.15, 0.2) is 12.1 Å². The van der Waals surface area contributed by atoms with Crippen LogP contribution in [0.5, 0.6) is 0 Å². The fourth-order valence-corrected chi connectivity index (χ4v) is 3.23. The highest BCUT2D eigenvalue weighted by molar-refractivity contribution is 7.16. The van der Waals surface area contributed by atoms with E-state index in [-0.39, 0.29) is 11.8 Å². The van der Waals surface area contributed by atoms with Crippen LogP contribution in [0.3, 0.4) is 0 Å². The molecule has 0 spiro atoms. The van der Waals surface area contributed by atoms with Crippen molar-refractivity contribution in [2.75, 3.05) is 19.6 Å². The number of rotatable bonds is 5. The van der Waals surface area contributed by atoms with Crippen LogP contribution in [0.1, 0.15) is 18.7 Å². The standard InChI is InChI=1S/C13H19ClN2OS/c1-3-16(8-11-4-5-12(14)18-11)13(17)9(2)10-6-15-7-10/h4-5,9-10,15H,3,6-8H2,1-2H3. The number of hydrogen-bond donors (Lipinski definition) is 1. The van der Waals surface area contributed by atoms with Gasteiger partial charge < -0.3 is 10.2 Å². The third-order valence-electron chi connectivity index (χ3n) is 3.58. The van der Waals surface area contributed by atoms with Crippen molar-refractivity contribution in [1.29, 1.82) is 0 Å². The van der Waals surface area contributed by atoms with Gasteiger partial charge in [0, 0.05) is 17.3 Å². The van der Waals surface area contributed by atoms with Crippen molar-refractivity contribution < 1.29 is 4.79 Å². The minimum atomic E-state index is 0.113. The maximum atomic E-state index is 12.4. The van der Waals surface area contributed by atoms with Gasteiger partial charge in [0.05, 0.1) is 10.9 Å². The molecule has 18 heavy (non-hydrogen) atoms. The van der Waals surface area contributed by atoms with Crippen molar-refractivity contribution in [3.05, 3.63) is 21.3 Å². The highest BCUT2D eigenvalue weighted by atomic mass is 35.5. The van der Waals surface area contributed by atoms with E-state index in [4.69, 9.17) is 11.6 Å². The minimum Gasteiger partial charge on any atom is -0.338 e. The van der Waals surface area contributed by atoms with Crippen LogP contribution < -0.4 is 5.32 Å². The van der Waals surface area contributed by atoms with Crippen molar-refractivity contribution in [3.8, 4) is 0 Å². The molecule has 100 valence electrons. The van der Waals surface area contributed by atoms with Gasteiger partial charge in [-0.2, -0.15) is 0 Å². The summed E-state index contributed by atoms with van der Waals surface area (Å²) >= 11 is 7.47. The molecule has 0 radical (unpaired) electrons. The van der Waals surface area contributed by atoms with Gasteiger partial charge in [-0.15, -0.1) is 11.3 Å². The average molecular weight is 287 g/mol. The van der Waals surface area contributed by atoms with Gasteiger partial charge in [0.25, 0.3) is 0 Å². The molecule has 0 aliphatic carbocycles. The zero-order valence-electron chi connectivity index (χ0n) is 10.8. The SMILES string of the molecule is CCN(Cc1ccc(Cl)s1)C(=O)C(C)C1CNC1. The Balaban J connectivity index is 1.96. The fraction of sp³-hybridized carbons (Fsp3) is 0.615. The van der Waals surface area contributed by atoms with E-state index in [1.165, 1.54) is 0 Å². The zero-order valence-corrected chi connectivity index (χ0v) is 12.4. The number of halogens is 1. The van der Waals surface area contributed by atoms with Crippen LogP contribution in [-0.2, 0) is 11.3 Å². The topological polar surface area (TPSA) is 32.3 Å². The summed E-state index contributed by atoms with van der Waals surface area (Å²) in [5, 5.41) is 3.22. The quantitative estimate of drug-likeness (QED) is 0.902. The number of nitrogens with zero attached hydrogens (tertiary/aromatic N) is 1. The van der Waals surface area contributed by atoms with Crippen molar-refractivity contribution in [3.63, 3.8) is 0 Å².